The van der Waals surface area contributed by atoms with Gasteiger partial charge in [0.1, 0.15) is 5.82 Å². The van der Waals surface area contributed by atoms with Crippen LogP contribution in [-0.2, 0) is 12.3 Å². The van der Waals surface area contributed by atoms with Gasteiger partial charge >= 0.3 is 5.69 Å². The van der Waals surface area contributed by atoms with Gasteiger partial charge in [-0.05, 0) is 18.6 Å². The highest BCUT2D eigenvalue weighted by atomic mass is 35.5. The number of aromatic nitrogens is 4. The molecule has 0 saturated carbocycles. The van der Waals surface area contributed by atoms with Crippen LogP contribution in [0.15, 0.2) is 22.1 Å². The van der Waals surface area contributed by atoms with Crippen molar-refractivity contribution < 1.29 is 0 Å². The summed E-state index contributed by atoms with van der Waals surface area (Å²) in [5.74, 6) is 1.32. The number of halogens is 1. The lowest BCUT2D eigenvalue weighted by Gasteiger charge is -2.06. The Hall–Kier alpha value is -1.47. The van der Waals surface area contributed by atoms with Crippen molar-refractivity contribution in [2.24, 2.45) is 0 Å². The van der Waals surface area contributed by atoms with E-state index >= 15 is 0 Å². The quantitative estimate of drug-likeness (QED) is 0.801. The summed E-state index contributed by atoms with van der Waals surface area (Å²) in [6.07, 6.45) is 0.876. The van der Waals surface area contributed by atoms with E-state index < -0.39 is 0 Å². The normalized spacial score (nSPS) is 10.8. The van der Waals surface area contributed by atoms with Gasteiger partial charge in [0.25, 0.3) is 0 Å². The van der Waals surface area contributed by atoms with Crippen LogP contribution >= 0.6 is 23.4 Å². The van der Waals surface area contributed by atoms with Gasteiger partial charge in [-0.3, -0.25) is 4.57 Å². The smallest absolute Gasteiger partial charge is 0.343 e. The molecule has 8 heteroatoms. The molecule has 2 aromatic rings. The lowest BCUT2D eigenvalue weighted by Crippen LogP contribution is -2.17. The van der Waals surface area contributed by atoms with Crippen molar-refractivity contribution in [2.75, 3.05) is 12.4 Å². The van der Waals surface area contributed by atoms with Crippen molar-refractivity contribution in [3.63, 3.8) is 0 Å². The molecule has 6 nitrogen and oxygen atoms in total. The van der Waals surface area contributed by atoms with E-state index in [1.807, 2.05) is 13.0 Å². The zero-order valence-corrected chi connectivity index (χ0v) is 12.9. The van der Waals surface area contributed by atoms with E-state index in [2.05, 4.69) is 20.5 Å². The van der Waals surface area contributed by atoms with Gasteiger partial charge in [0.15, 0.2) is 5.16 Å². The number of pyridine rings is 1. The SMILES string of the molecule is CCCn1c(SCc2nc(NC)ccc2Cl)n[nH]c1=O. The molecule has 108 valence electrons. The summed E-state index contributed by atoms with van der Waals surface area (Å²) in [5, 5.41) is 10.7. The molecule has 0 spiro atoms. The molecule has 0 aliphatic rings. The fourth-order valence-corrected chi connectivity index (χ4v) is 2.87. The minimum absolute atomic E-state index is 0.183. The first-order chi connectivity index (χ1) is 9.65. The van der Waals surface area contributed by atoms with Crippen LogP contribution in [0.3, 0.4) is 0 Å². The van der Waals surface area contributed by atoms with Crippen molar-refractivity contribution in [2.45, 2.75) is 30.8 Å². The molecule has 2 heterocycles. The zero-order valence-electron chi connectivity index (χ0n) is 11.3. The predicted octanol–water partition coefficient (Wildman–Crippen LogP) is 2.36. The average molecular weight is 314 g/mol. The summed E-state index contributed by atoms with van der Waals surface area (Å²) < 4.78 is 1.63. The zero-order chi connectivity index (χ0) is 14.5. The Kier molecular flexibility index (Phi) is 5.08. The van der Waals surface area contributed by atoms with E-state index in [1.165, 1.54) is 11.8 Å². The maximum absolute atomic E-state index is 11.6. The third kappa shape index (κ3) is 3.34. The van der Waals surface area contributed by atoms with Crippen molar-refractivity contribution in [1.82, 2.24) is 19.7 Å². The fourth-order valence-electron chi connectivity index (χ4n) is 1.69. The first-order valence-electron chi connectivity index (χ1n) is 6.27. The molecule has 0 aliphatic heterocycles. The number of aromatic amines is 1. The van der Waals surface area contributed by atoms with Gasteiger partial charge < -0.3 is 5.32 Å². The number of hydrogen-bond acceptors (Lipinski definition) is 5. The summed E-state index contributed by atoms with van der Waals surface area (Å²) in [7, 11) is 1.81. The molecule has 0 amide bonds. The largest absolute Gasteiger partial charge is 0.373 e. The lowest BCUT2D eigenvalue weighted by molar-refractivity contribution is 0.603. The Labute approximate surface area is 125 Å². The van der Waals surface area contributed by atoms with Gasteiger partial charge in [0.2, 0.25) is 0 Å². The second kappa shape index (κ2) is 6.81. The Morgan fingerprint density at radius 1 is 1.50 bits per heavy atom. The first kappa shape index (κ1) is 14.9. The molecule has 0 aromatic carbocycles. The summed E-state index contributed by atoms with van der Waals surface area (Å²) in [6, 6.07) is 3.62. The summed E-state index contributed by atoms with van der Waals surface area (Å²) in [4.78, 5) is 16.0. The molecular weight excluding hydrogens is 298 g/mol. The molecule has 2 rings (SSSR count). The van der Waals surface area contributed by atoms with Crippen LogP contribution in [0.5, 0.6) is 0 Å². The molecule has 0 fully saturated rings. The summed E-state index contributed by atoms with van der Waals surface area (Å²) >= 11 is 7.57. The second-order valence-corrected chi connectivity index (χ2v) is 5.48. The van der Waals surface area contributed by atoms with Crippen molar-refractivity contribution in [3.05, 3.63) is 33.3 Å². The van der Waals surface area contributed by atoms with Crippen LogP contribution in [0.2, 0.25) is 5.02 Å². The molecule has 2 aromatic heterocycles. The fraction of sp³-hybridized carbons (Fsp3) is 0.417. The van der Waals surface area contributed by atoms with Crippen LogP contribution < -0.4 is 11.0 Å². The minimum atomic E-state index is -0.183. The third-order valence-corrected chi connectivity index (χ3v) is 4.01. The highest BCUT2D eigenvalue weighted by Gasteiger charge is 2.10. The van der Waals surface area contributed by atoms with Gasteiger partial charge in [-0.1, -0.05) is 30.3 Å². The second-order valence-electron chi connectivity index (χ2n) is 4.13. The maximum Gasteiger partial charge on any atom is 0.343 e. The number of rotatable bonds is 6. The molecule has 0 saturated heterocycles. The number of anilines is 1. The number of nitrogens with zero attached hydrogens (tertiary/aromatic N) is 3. The van der Waals surface area contributed by atoms with E-state index in [1.54, 1.807) is 17.7 Å². The van der Waals surface area contributed by atoms with Crippen LogP contribution in [0.1, 0.15) is 19.0 Å². The highest BCUT2D eigenvalue weighted by Crippen LogP contribution is 2.24. The predicted molar refractivity (Wildman–Crippen MR) is 81.5 cm³/mol. The van der Waals surface area contributed by atoms with E-state index in [4.69, 9.17) is 11.6 Å². The minimum Gasteiger partial charge on any atom is -0.373 e. The molecule has 0 unspecified atom stereocenters. The van der Waals surface area contributed by atoms with Gasteiger partial charge in [0, 0.05) is 19.3 Å². The number of nitrogens with one attached hydrogen (secondary N) is 2. The molecule has 0 aliphatic carbocycles. The van der Waals surface area contributed by atoms with Crippen molar-refractivity contribution >= 4 is 29.2 Å². The lowest BCUT2D eigenvalue weighted by atomic mass is 10.3. The Morgan fingerprint density at radius 2 is 2.30 bits per heavy atom. The summed E-state index contributed by atoms with van der Waals surface area (Å²) in [6.45, 7) is 2.66. The molecule has 0 radical (unpaired) electrons. The third-order valence-electron chi connectivity index (χ3n) is 2.68. The van der Waals surface area contributed by atoms with E-state index in [9.17, 15) is 4.79 Å². The number of H-pyrrole nitrogens is 1. The number of thioether (sulfide) groups is 1. The van der Waals surface area contributed by atoms with Gasteiger partial charge in [-0.15, -0.1) is 5.10 Å². The van der Waals surface area contributed by atoms with Gasteiger partial charge in [-0.2, -0.15) is 0 Å². The van der Waals surface area contributed by atoms with Crippen LogP contribution in [0, 0.1) is 0 Å². The van der Waals surface area contributed by atoms with Crippen molar-refractivity contribution in [1.29, 1.82) is 0 Å². The molecular formula is C12H16ClN5OS. The van der Waals surface area contributed by atoms with Crippen molar-refractivity contribution in [3.8, 4) is 0 Å². The standard InChI is InChI=1S/C12H16ClN5OS/c1-3-6-18-11(19)16-17-12(18)20-7-9-8(13)4-5-10(14-2)15-9/h4-5H,3,6-7H2,1-2H3,(H,14,15)(H,16,19). The highest BCUT2D eigenvalue weighted by molar-refractivity contribution is 7.98. The van der Waals surface area contributed by atoms with Gasteiger partial charge in [-0.25, -0.2) is 14.9 Å². The maximum atomic E-state index is 11.6. The Bertz CT molecular complexity index is 639. The summed E-state index contributed by atoms with van der Waals surface area (Å²) in [5.41, 5.74) is 0.583. The van der Waals surface area contributed by atoms with Crippen LogP contribution in [0.4, 0.5) is 5.82 Å². The van der Waals surface area contributed by atoms with Gasteiger partial charge in [0.05, 0.1) is 10.7 Å². The molecule has 0 atom stereocenters. The monoisotopic (exact) mass is 313 g/mol. The first-order valence-corrected chi connectivity index (χ1v) is 7.63. The van der Waals surface area contributed by atoms with E-state index in [0.717, 1.165) is 17.9 Å². The van der Waals surface area contributed by atoms with E-state index in [-0.39, 0.29) is 5.69 Å². The topological polar surface area (TPSA) is 75.6 Å². The van der Waals surface area contributed by atoms with Crippen LogP contribution in [-0.4, -0.2) is 26.8 Å². The Morgan fingerprint density at radius 3 is 3.00 bits per heavy atom. The molecule has 20 heavy (non-hydrogen) atoms. The van der Waals surface area contributed by atoms with E-state index in [0.29, 0.717) is 22.5 Å². The molecule has 2 N–H and O–H groups in total. The van der Waals surface area contributed by atoms with Crippen LogP contribution in [0.25, 0.3) is 0 Å². The number of hydrogen-bond donors (Lipinski definition) is 2. The average Bonchev–Trinajstić information content (AvgIpc) is 2.80. The molecule has 0 bridgehead atoms. The Balaban J connectivity index is 2.14.